The van der Waals surface area contributed by atoms with Crippen molar-refractivity contribution >= 4 is 71.5 Å². The Hall–Kier alpha value is -1.70. The van der Waals surface area contributed by atoms with Crippen molar-refractivity contribution in [1.29, 1.82) is 0 Å². The van der Waals surface area contributed by atoms with Gasteiger partial charge in [-0.1, -0.05) is 23.5 Å². The summed E-state index contributed by atoms with van der Waals surface area (Å²) in [4.78, 5) is 11.0. The second kappa shape index (κ2) is 7.68. The molecule has 2 aromatic carbocycles. The van der Waals surface area contributed by atoms with E-state index in [1.165, 1.54) is 0 Å². The van der Waals surface area contributed by atoms with Gasteiger partial charge in [0.2, 0.25) is 5.52 Å². The van der Waals surface area contributed by atoms with Crippen molar-refractivity contribution in [2.75, 3.05) is 0 Å². The quantitative estimate of drug-likeness (QED) is 0.498. The van der Waals surface area contributed by atoms with Crippen molar-refractivity contribution in [1.82, 2.24) is 0 Å². The largest absolute Gasteiger partial charge is 0.506 e. The average Bonchev–Trinajstić information content (AvgIpc) is 2.93. The number of phenolic OH excluding ortho intramolecular Hbond substituents is 1. The molecule has 0 spiro atoms. The van der Waals surface area contributed by atoms with Crippen molar-refractivity contribution in [2.24, 2.45) is 0 Å². The molecule has 4 nitrogen and oxygen atoms in total. The van der Waals surface area contributed by atoms with Crippen LogP contribution in [0.1, 0.15) is 17.0 Å². The second-order valence-corrected chi connectivity index (χ2v) is 8.14. The van der Waals surface area contributed by atoms with Crippen molar-refractivity contribution in [3.8, 4) is 5.75 Å². The van der Waals surface area contributed by atoms with Gasteiger partial charge in [0.1, 0.15) is 16.9 Å². The van der Waals surface area contributed by atoms with E-state index in [2.05, 4.69) is 31.9 Å². The number of nitrogens with zero attached hydrogens (tertiary/aromatic N) is 1. The maximum atomic E-state index is 11.0. The minimum absolute atomic E-state index is 0.0720. The highest BCUT2D eigenvalue weighted by molar-refractivity contribution is 9.11. The Kier molecular flexibility index (Phi) is 5.56. The number of aliphatic carboxylic acids is 1. The summed E-state index contributed by atoms with van der Waals surface area (Å²) < 4.78 is 4.35. The van der Waals surface area contributed by atoms with Gasteiger partial charge in [-0.2, -0.15) is 4.57 Å². The number of rotatable bonds is 5. The van der Waals surface area contributed by atoms with Crippen molar-refractivity contribution < 1.29 is 19.6 Å². The summed E-state index contributed by atoms with van der Waals surface area (Å²) in [6.45, 7) is 0.419. The van der Waals surface area contributed by atoms with Gasteiger partial charge in [0.25, 0.3) is 5.01 Å². The second-order valence-electron chi connectivity index (χ2n) is 5.37. The van der Waals surface area contributed by atoms with Crippen LogP contribution < -0.4 is 4.57 Å². The Morgan fingerprint density at radius 3 is 2.52 bits per heavy atom. The SMILES string of the molecule is O=C(O)CC[n+]1c(/C=C/c2cc(Br)c(O)c(Br)c2)sc2ccccc21. The number of aromatic nitrogens is 1. The number of phenols is 1. The lowest BCUT2D eigenvalue weighted by Crippen LogP contribution is -2.36. The fourth-order valence-corrected chi connectivity index (χ4v) is 4.78. The molecule has 0 aliphatic heterocycles. The number of hydrogen-bond donors (Lipinski definition) is 2. The summed E-state index contributed by atoms with van der Waals surface area (Å²) in [7, 11) is 0. The van der Waals surface area contributed by atoms with Gasteiger partial charge in [-0.3, -0.25) is 4.79 Å². The predicted molar refractivity (Wildman–Crippen MR) is 107 cm³/mol. The Balaban J connectivity index is 2.00. The van der Waals surface area contributed by atoms with Gasteiger partial charge in [0.05, 0.1) is 8.95 Å². The highest BCUT2D eigenvalue weighted by atomic mass is 79.9. The first kappa shape index (κ1) is 18.1. The van der Waals surface area contributed by atoms with Crippen LogP contribution in [0.3, 0.4) is 0 Å². The molecule has 0 unspecified atom stereocenters. The van der Waals surface area contributed by atoms with Gasteiger partial charge in [0, 0.05) is 12.1 Å². The summed E-state index contributed by atoms with van der Waals surface area (Å²) in [5.74, 6) is -0.653. The van der Waals surface area contributed by atoms with E-state index in [0.717, 1.165) is 20.8 Å². The number of aromatic hydroxyl groups is 1. The minimum Gasteiger partial charge on any atom is -0.506 e. The molecule has 0 fully saturated rings. The van der Waals surface area contributed by atoms with E-state index in [1.54, 1.807) is 11.3 Å². The van der Waals surface area contributed by atoms with Crippen molar-refractivity contribution in [3.05, 3.63) is 55.9 Å². The van der Waals surface area contributed by atoms with E-state index in [0.29, 0.717) is 15.5 Å². The molecule has 2 N–H and O–H groups in total. The topological polar surface area (TPSA) is 61.4 Å². The number of fused-ring (bicyclic) bond motifs is 1. The maximum absolute atomic E-state index is 11.0. The molecule has 0 atom stereocenters. The minimum atomic E-state index is -0.816. The van der Waals surface area contributed by atoms with E-state index in [-0.39, 0.29) is 12.2 Å². The number of carbonyl (C=O) groups is 1. The fourth-order valence-electron chi connectivity index (χ4n) is 2.46. The molecule has 0 aliphatic rings. The number of carboxylic acids is 1. The van der Waals surface area contributed by atoms with E-state index in [1.807, 2.05) is 53.1 Å². The van der Waals surface area contributed by atoms with Gasteiger partial charge in [0.15, 0.2) is 6.54 Å². The van der Waals surface area contributed by atoms with Crippen LogP contribution in [0.25, 0.3) is 22.4 Å². The smallest absolute Gasteiger partial charge is 0.309 e. The first-order valence-corrected chi connectivity index (χ1v) is 9.85. The zero-order valence-corrected chi connectivity index (χ0v) is 16.9. The Bertz CT molecular complexity index is 959. The number of benzene rings is 2. The maximum Gasteiger partial charge on any atom is 0.309 e. The molecule has 3 aromatic rings. The standard InChI is InChI=1S/C18H13Br2NO3S/c19-12-9-11(10-13(20)18(12)24)5-6-16-21(8-7-17(22)23)14-3-1-2-4-15(14)25-16/h1-6,9-10H,7-8H2,(H,22,23)/p+1. The van der Waals surface area contributed by atoms with Crippen LogP contribution in [-0.4, -0.2) is 16.2 Å². The molecule has 0 radical (unpaired) electrons. The van der Waals surface area contributed by atoms with Crippen LogP contribution in [0.4, 0.5) is 0 Å². The molecular formula is C18H14Br2NO3S+. The average molecular weight is 484 g/mol. The third kappa shape index (κ3) is 4.11. The number of hydrogen-bond acceptors (Lipinski definition) is 3. The summed E-state index contributed by atoms with van der Waals surface area (Å²) in [6, 6.07) is 11.6. The fraction of sp³-hybridized carbons (Fsp3) is 0.111. The molecule has 128 valence electrons. The Labute approximate surface area is 165 Å². The third-order valence-corrected chi connectivity index (χ3v) is 5.98. The van der Waals surface area contributed by atoms with Gasteiger partial charge >= 0.3 is 5.97 Å². The molecular weight excluding hydrogens is 470 g/mol. The zero-order valence-electron chi connectivity index (χ0n) is 12.9. The van der Waals surface area contributed by atoms with Crippen LogP contribution >= 0.6 is 43.2 Å². The lowest BCUT2D eigenvalue weighted by atomic mass is 10.2. The van der Waals surface area contributed by atoms with Crippen molar-refractivity contribution in [3.63, 3.8) is 0 Å². The van der Waals surface area contributed by atoms with E-state index >= 15 is 0 Å². The summed E-state index contributed by atoms with van der Waals surface area (Å²) in [5, 5.41) is 19.8. The van der Waals surface area contributed by atoms with Crippen LogP contribution in [0.5, 0.6) is 5.75 Å². The summed E-state index contributed by atoms with van der Waals surface area (Å²) in [6.07, 6.45) is 3.98. The van der Waals surface area contributed by atoms with Crippen LogP contribution in [0, 0.1) is 0 Å². The van der Waals surface area contributed by atoms with Gasteiger partial charge in [-0.25, -0.2) is 0 Å². The predicted octanol–water partition coefficient (Wildman–Crippen LogP) is 5.06. The Morgan fingerprint density at radius 2 is 1.84 bits per heavy atom. The van der Waals surface area contributed by atoms with Gasteiger partial charge in [-0.05, 0) is 61.7 Å². The summed E-state index contributed by atoms with van der Waals surface area (Å²) >= 11 is 8.27. The lowest BCUT2D eigenvalue weighted by Gasteiger charge is -2.01. The number of carboxylic acid groups (broad SMARTS) is 1. The lowest BCUT2D eigenvalue weighted by molar-refractivity contribution is -0.667. The zero-order chi connectivity index (χ0) is 18.0. The first-order chi connectivity index (χ1) is 12.0. The Morgan fingerprint density at radius 1 is 1.16 bits per heavy atom. The molecule has 0 aliphatic carbocycles. The molecule has 0 bridgehead atoms. The van der Waals surface area contributed by atoms with E-state index in [4.69, 9.17) is 5.11 Å². The molecule has 0 amide bonds. The third-order valence-electron chi connectivity index (χ3n) is 3.64. The molecule has 0 saturated heterocycles. The number of aryl methyl sites for hydroxylation is 1. The molecule has 25 heavy (non-hydrogen) atoms. The molecule has 7 heteroatoms. The monoisotopic (exact) mass is 482 g/mol. The van der Waals surface area contributed by atoms with Gasteiger partial charge in [-0.15, -0.1) is 0 Å². The van der Waals surface area contributed by atoms with E-state index in [9.17, 15) is 9.90 Å². The highest BCUT2D eigenvalue weighted by Gasteiger charge is 2.19. The molecule has 1 heterocycles. The number of para-hydroxylation sites is 1. The molecule has 3 rings (SSSR count). The van der Waals surface area contributed by atoms with Crippen LogP contribution in [0.15, 0.2) is 45.3 Å². The summed E-state index contributed by atoms with van der Waals surface area (Å²) in [5.41, 5.74) is 1.94. The van der Waals surface area contributed by atoms with Gasteiger partial charge < -0.3 is 10.2 Å². The van der Waals surface area contributed by atoms with Crippen LogP contribution in [-0.2, 0) is 11.3 Å². The van der Waals surface area contributed by atoms with Crippen LogP contribution in [0.2, 0.25) is 0 Å². The molecule has 1 aromatic heterocycles. The van der Waals surface area contributed by atoms with E-state index < -0.39 is 5.97 Å². The number of thiazole rings is 1. The number of halogens is 2. The normalized spacial score (nSPS) is 11.4. The highest BCUT2D eigenvalue weighted by Crippen LogP contribution is 2.34. The first-order valence-electron chi connectivity index (χ1n) is 7.45. The van der Waals surface area contributed by atoms with Crippen molar-refractivity contribution in [2.45, 2.75) is 13.0 Å². The molecule has 0 saturated carbocycles.